The van der Waals surface area contributed by atoms with Gasteiger partial charge in [0.25, 0.3) is 0 Å². The summed E-state index contributed by atoms with van der Waals surface area (Å²) in [7, 11) is 0. The largest absolute Gasteiger partial charge is 0.394 e. The molecule has 2 fully saturated rings. The Kier molecular flexibility index (Phi) is 3.33. The lowest BCUT2D eigenvalue weighted by atomic mass is 10.0. The molecule has 1 aliphatic heterocycles. The normalized spacial score (nSPS) is 34.6. The standard InChI is InChI=1S/C12H24N2O/c1-3-13-12(2,9-15)8-14-7-10-4-5-11(14)6-10/h10-11,13,15H,3-9H2,1-2H3. The van der Waals surface area contributed by atoms with Gasteiger partial charge in [0.2, 0.25) is 0 Å². The van der Waals surface area contributed by atoms with E-state index in [1.807, 2.05) is 0 Å². The van der Waals surface area contributed by atoms with Crippen LogP contribution < -0.4 is 5.32 Å². The molecule has 0 aromatic heterocycles. The number of piperidine rings is 1. The van der Waals surface area contributed by atoms with Gasteiger partial charge in [-0.05, 0) is 38.6 Å². The SMILES string of the molecule is CCNC(C)(CO)CN1CC2CCC1C2. The van der Waals surface area contributed by atoms with E-state index < -0.39 is 0 Å². The fourth-order valence-electron chi connectivity index (χ4n) is 3.26. The minimum atomic E-state index is -0.112. The van der Waals surface area contributed by atoms with Crippen LogP contribution in [-0.4, -0.2) is 47.8 Å². The highest BCUT2D eigenvalue weighted by Crippen LogP contribution is 2.37. The summed E-state index contributed by atoms with van der Waals surface area (Å²) in [6, 6.07) is 0.805. The van der Waals surface area contributed by atoms with Crippen LogP contribution in [0.1, 0.15) is 33.1 Å². The molecular formula is C12H24N2O. The van der Waals surface area contributed by atoms with E-state index in [9.17, 15) is 5.11 Å². The molecule has 3 heteroatoms. The lowest BCUT2D eigenvalue weighted by molar-refractivity contribution is 0.103. The predicted molar refractivity (Wildman–Crippen MR) is 61.9 cm³/mol. The number of hydrogen-bond acceptors (Lipinski definition) is 3. The molecule has 0 amide bonds. The van der Waals surface area contributed by atoms with Crippen LogP contribution in [0.4, 0.5) is 0 Å². The molecular weight excluding hydrogens is 188 g/mol. The summed E-state index contributed by atoms with van der Waals surface area (Å²) < 4.78 is 0. The Morgan fingerprint density at radius 2 is 2.27 bits per heavy atom. The van der Waals surface area contributed by atoms with Crippen molar-refractivity contribution < 1.29 is 5.11 Å². The molecule has 15 heavy (non-hydrogen) atoms. The number of nitrogens with one attached hydrogen (secondary N) is 1. The Balaban J connectivity index is 1.89. The molecule has 2 N–H and O–H groups in total. The maximum absolute atomic E-state index is 9.46. The average molecular weight is 212 g/mol. The monoisotopic (exact) mass is 212 g/mol. The first-order valence-electron chi connectivity index (χ1n) is 6.27. The third kappa shape index (κ3) is 2.35. The smallest absolute Gasteiger partial charge is 0.0623 e. The van der Waals surface area contributed by atoms with Gasteiger partial charge in [-0.3, -0.25) is 4.90 Å². The molecule has 3 atom stereocenters. The van der Waals surface area contributed by atoms with Crippen LogP contribution in [0.3, 0.4) is 0 Å². The number of nitrogens with zero attached hydrogens (tertiary/aromatic N) is 1. The first kappa shape index (κ1) is 11.4. The molecule has 0 aromatic rings. The predicted octanol–water partition coefficient (Wildman–Crippen LogP) is 0.831. The molecule has 2 aliphatic rings. The second-order valence-corrected chi connectivity index (χ2v) is 5.51. The maximum Gasteiger partial charge on any atom is 0.0623 e. The van der Waals surface area contributed by atoms with E-state index in [0.717, 1.165) is 25.0 Å². The third-order valence-electron chi connectivity index (χ3n) is 4.03. The highest BCUT2D eigenvalue weighted by Gasteiger charge is 2.40. The first-order valence-corrected chi connectivity index (χ1v) is 6.27. The Morgan fingerprint density at radius 1 is 1.47 bits per heavy atom. The summed E-state index contributed by atoms with van der Waals surface area (Å²) in [5.74, 6) is 0.944. The summed E-state index contributed by atoms with van der Waals surface area (Å²) in [6.45, 7) is 7.64. The third-order valence-corrected chi connectivity index (χ3v) is 4.03. The zero-order valence-corrected chi connectivity index (χ0v) is 10.00. The fraction of sp³-hybridized carbons (Fsp3) is 1.00. The van der Waals surface area contributed by atoms with Gasteiger partial charge in [0.05, 0.1) is 12.1 Å². The van der Waals surface area contributed by atoms with Crippen LogP contribution in [0.5, 0.6) is 0 Å². The minimum Gasteiger partial charge on any atom is -0.394 e. The summed E-state index contributed by atoms with van der Waals surface area (Å²) >= 11 is 0. The number of aliphatic hydroxyl groups is 1. The zero-order valence-electron chi connectivity index (χ0n) is 10.00. The van der Waals surface area contributed by atoms with Gasteiger partial charge < -0.3 is 10.4 Å². The molecule has 0 aromatic carbocycles. The number of fused-ring (bicyclic) bond motifs is 2. The molecule has 0 spiro atoms. The second kappa shape index (κ2) is 4.40. The first-order chi connectivity index (χ1) is 7.17. The Hall–Kier alpha value is -0.120. The maximum atomic E-state index is 9.46. The van der Waals surface area contributed by atoms with Crippen molar-refractivity contribution in [2.75, 3.05) is 26.2 Å². The second-order valence-electron chi connectivity index (χ2n) is 5.51. The van der Waals surface area contributed by atoms with E-state index >= 15 is 0 Å². The molecule has 3 unspecified atom stereocenters. The highest BCUT2D eigenvalue weighted by molar-refractivity contribution is 4.96. The van der Waals surface area contributed by atoms with E-state index in [1.54, 1.807) is 0 Å². The van der Waals surface area contributed by atoms with Crippen LogP contribution in [0.2, 0.25) is 0 Å². The van der Waals surface area contributed by atoms with Crippen molar-refractivity contribution in [3.8, 4) is 0 Å². The molecule has 3 nitrogen and oxygen atoms in total. The average Bonchev–Trinajstić information content (AvgIpc) is 2.79. The zero-order chi connectivity index (χ0) is 10.9. The van der Waals surface area contributed by atoms with Gasteiger partial charge in [-0.15, -0.1) is 0 Å². The van der Waals surface area contributed by atoms with Crippen LogP contribution in [0.25, 0.3) is 0 Å². The van der Waals surface area contributed by atoms with Crippen molar-refractivity contribution in [3.05, 3.63) is 0 Å². The number of likely N-dealkylation sites (N-methyl/N-ethyl adjacent to an activating group) is 1. The van der Waals surface area contributed by atoms with E-state index in [-0.39, 0.29) is 12.1 Å². The Bertz CT molecular complexity index is 222. The summed E-state index contributed by atoms with van der Waals surface area (Å²) in [5, 5.41) is 12.9. The van der Waals surface area contributed by atoms with Crippen LogP contribution in [0, 0.1) is 5.92 Å². The van der Waals surface area contributed by atoms with E-state index in [4.69, 9.17) is 0 Å². The number of likely N-dealkylation sites (tertiary alicyclic amines) is 1. The van der Waals surface area contributed by atoms with Gasteiger partial charge in [-0.1, -0.05) is 6.92 Å². The van der Waals surface area contributed by atoms with Gasteiger partial charge >= 0.3 is 0 Å². The molecule has 1 heterocycles. The van der Waals surface area contributed by atoms with Crippen molar-refractivity contribution in [3.63, 3.8) is 0 Å². The van der Waals surface area contributed by atoms with Crippen molar-refractivity contribution in [2.24, 2.45) is 5.92 Å². The lowest BCUT2D eigenvalue weighted by Crippen LogP contribution is -2.55. The molecule has 1 aliphatic carbocycles. The van der Waals surface area contributed by atoms with Crippen molar-refractivity contribution >= 4 is 0 Å². The Labute approximate surface area is 92.8 Å². The van der Waals surface area contributed by atoms with Crippen LogP contribution in [0.15, 0.2) is 0 Å². The Morgan fingerprint density at radius 3 is 2.73 bits per heavy atom. The molecule has 1 saturated heterocycles. The van der Waals surface area contributed by atoms with Crippen LogP contribution in [-0.2, 0) is 0 Å². The van der Waals surface area contributed by atoms with Crippen molar-refractivity contribution in [1.82, 2.24) is 10.2 Å². The molecule has 2 bridgehead atoms. The van der Waals surface area contributed by atoms with Crippen molar-refractivity contribution in [2.45, 2.75) is 44.7 Å². The molecule has 0 radical (unpaired) electrons. The van der Waals surface area contributed by atoms with E-state index in [0.29, 0.717) is 0 Å². The number of aliphatic hydroxyl groups excluding tert-OH is 1. The number of hydrogen-bond donors (Lipinski definition) is 2. The highest BCUT2D eigenvalue weighted by atomic mass is 16.3. The van der Waals surface area contributed by atoms with Crippen molar-refractivity contribution in [1.29, 1.82) is 0 Å². The summed E-state index contributed by atoms with van der Waals surface area (Å²) in [5.41, 5.74) is -0.112. The minimum absolute atomic E-state index is 0.112. The topological polar surface area (TPSA) is 35.5 Å². The van der Waals surface area contributed by atoms with Gasteiger partial charge in [0.1, 0.15) is 0 Å². The summed E-state index contributed by atoms with van der Waals surface area (Å²) in [6.07, 6.45) is 4.20. The van der Waals surface area contributed by atoms with Gasteiger partial charge in [-0.25, -0.2) is 0 Å². The quantitative estimate of drug-likeness (QED) is 0.708. The van der Waals surface area contributed by atoms with E-state index in [1.165, 1.54) is 25.8 Å². The fourth-order valence-corrected chi connectivity index (χ4v) is 3.26. The van der Waals surface area contributed by atoms with Gasteiger partial charge in [0.15, 0.2) is 0 Å². The van der Waals surface area contributed by atoms with Gasteiger partial charge in [0, 0.05) is 19.1 Å². The molecule has 88 valence electrons. The van der Waals surface area contributed by atoms with Crippen LogP contribution >= 0.6 is 0 Å². The molecule has 2 rings (SSSR count). The van der Waals surface area contributed by atoms with E-state index in [2.05, 4.69) is 24.1 Å². The summed E-state index contributed by atoms with van der Waals surface area (Å²) in [4.78, 5) is 2.58. The van der Waals surface area contributed by atoms with Gasteiger partial charge in [-0.2, -0.15) is 0 Å². The lowest BCUT2D eigenvalue weighted by Gasteiger charge is -2.37. The molecule has 1 saturated carbocycles. The number of rotatable bonds is 5.